The Bertz CT molecular complexity index is 282. The van der Waals surface area contributed by atoms with Crippen LogP contribution in [0.1, 0.15) is 0 Å². The van der Waals surface area contributed by atoms with E-state index in [1.54, 1.807) is 0 Å². The van der Waals surface area contributed by atoms with E-state index in [2.05, 4.69) is 27.0 Å². The van der Waals surface area contributed by atoms with Gasteiger partial charge in [-0.05, 0) is 7.05 Å². The van der Waals surface area contributed by atoms with Crippen LogP contribution in [0.5, 0.6) is 0 Å². The summed E-state index contributed by atoms with van der Waals surface area (Å²) in [7, 11) is 2.14. The van der Waals surface area contributed by atoms with Gasteiger partial charge >= 0.3 is 0 Å². The number of aromatic nitrogens is 2. The molecule has 3 N–H and O–H groups in total. The summed E-state index contributed by atoms with van der Waals surface area (Å²) in [6.07, 6.45) is 0. The second-order valence-electron chi connectivity index (χ2n) is 3.47. The zero-order chi connectivity index (χ0) is 9.26. The largest absolute Gasteiger partial charge is 0.384 e. The zero-order valence-corrected chi connectivity index (χ0v) is 10.3. The van der Waals surface area contributed by atoms with Crippen LogP contribution in [-0.2, 0) is 0 Å². The average Bonchev–Trinajstić information content (AvgIpc) is 2.53. The minimum absolute atomic E-state index is 0. The SMILES string of the molecule is CN1CCN(c2cc(N)[nH]n2)CC1.Cl.Cl. The van der Waals surface area contributed by atoms with Crippen molar-refractivity contribution < 1.29 is 0 Å². The Labute approximate surface area is 102 Å². The molecule has 1 saturated heterocycles. The highest BCUT2D eigenvalue weighted by Crippen LogP contribution is 2.14. The molecule has 0 aromatic carbocycles. The third-order valence-corrected chi connectivity index (χ3v) is 2.41. The van der Waals surface area contributed by atoms with Crippen molar-refractivity contribution in [2.75, 3.05) is 43.9 Å². The fourth-order valence-corrected chi connectivity index (χ4v) is 1.52. The van der Waals surface area contributed by atoms with Crippen LogP contribution in [0, 0.1) is 0 Å². The number of nitrogens with one attached hydrogen (secondary N) is 1. The fraction of sp³-hybridized carbons (Fsp3) is 0.625. The summed E-state index contributed by atoms with van der Waals surface area (Å²) in [5, 5.41) is 6.87. The van der Waals surface area contributed by atoms with Gasteiger partial charge in [-0.15, -0.1) is 24.8 Å². The molecule has 15 heavy (non-hydrogen) atoms. The van der Waals surface area contributed by atoms with Gasteiger partial charge in [-0.1, -0.05) is 0 Å². The van der Waals surface area contributed by atoms with E-state index < -0.39 is 0 Å². The van der Waals surface area contributed by atoms with Gasteiger partial charge in [0.1, 0.15) is 5.82 Å². The lowest BCUT2D eigenvalue weighted by molar-refractivity contribution is 0.312. The number of halogens is 2. The molecule has 88 valence electrons. The first-order chi connectivity index (χ1) is 6.25. The van der Waals surface area contributed by atoms with E-state index in [9.17, 15) is 0 Å². The molecule has 0 bridgehead atoms. The zero-order valence-electron chi connectivity index (χ0n) is 8.64. The molecule has 2 rings (SSSR count). The number of nitrogens with two attached hydrogens (primary N) is 1. The van der Waals surface area contributed by atoms with E-state index in [0.717, 1.165) is 32.0 Å². The first-order valence-corrected chi connectivity index (χ1v) is 4.50. The Hall–Kier alpha value is -0.650. The number of nitrogen functional groups attached to an aromatic ring is 1. The quantitative estimate of drug-likeness (QED) is 0.770. The van der Waals surface area contributed by atoms with E-state index in [4.69, 9.17) is 5.73 Å². The van der Waals surface area contributed by atoms with Gasteiger partial charge in [0, 0.05) is 32.2 Å². The van der Waals surface area contributed by atoms with Crippen LogP contribution >= 0.6 is 24.8 Å². The summed E-state index contributed by atoms with van der Waals surface area (Å²) in [6.45, 7) is 4.24. The lowest BCUT2D eigenvalue weighted by Crippen LogP contribution is -2.44. The second kappa shape index (κ2) is 6.05. The lowest BCUT2D eigenvalue weighted by Gasteiger charge is -2.32. The predicted molar refractivity (Wildman–Crippen MR) is 67.2 cm³/mol. The Morgan fingerprint density at radius 1 is 1.27 bits per heavy atom. The molecule has 0 unspecified atom stereocenters. The molecule has 0 amide bonds. The van der Waals surface area contributed by atoms with Crippen LogP contribution < -0.4 is 10.6 Å². The Kier molecular flexibility index (Phi) is 5.79. The van der Waals surface area contributed by atoms with Gasteiger partial charge in [0.15, 0.2) is 5.82 Å². The fourth-order valence-electron chi connectivity index (χ4n) is 1.52. The topological polar surface area (TPSA) is 61.2 Å². The number of anilines is 2. The minimum atomic E-state index is 0. The van der Waals surface area contributed by atoms with Crippen LogP contribution in [0.15, 0.2) is 6.07 Å². The van der Waals surface area contributed by atoms with E-state index in [-0.39, 0.29) is 24.8 Å². The van der Waals surface area contributed by atoms with Gasteiger partial charge in [-0.25, -0.2) is 0 Å². The molecule has 1 aliphatic heterocycles. The van der Waals surface area contributed by atoms with Gasteiger partial charge in [0.05, 0.1) is 0 Å². The summed E-state index contributed by atoms with van der Waals surface area (Å²) in [5.41, 5.74) is 5.56. The van der Waals surface area contributed by atoms with Gasteiger partial charge < -0.3 is 15.5 Å². The maximum atomic E-state index is 5.56. The van der Waals surface area contributed by atoms with E-state index in [1.807, 2.05) is 6.07 Å². The highest BCUT2D eigenvalue weighted by Gasteiger charge is 2.15. The van der Waals surface area contributed by atoms with Crippen molar-refractivity contribution in [3.8, 4) is 0 Å². The van der Waals surface area contributed by atoms with Crippen LogP contribution in [0.3, 0.4) is 0 Å². The molecule has 1 fully saturated rings. The molecule has 0 spiro atoms. The van der Waals surface area contributed by atoms with Crippen LogP contribution in [-0.4, -0.2) is 48.3 Å². The molecular weight excluding hydrogens is 237 g/mol. The number of hydrogen-bond acceptors (Lipinski definition) is 4. The maximum absolute atomic E-state index is 5.56. The first kappa shape index (κ1) is 14.3. The van der Waals surface area contributed by atoms with Gasteiger partial charge in [-0.3, -0.25) is 5.10 Å². The van der Waals surface area contributed by atoms with E-state index >= 15 is 0 Å². The van der Waals surface area contributed by atoms with Crippen LogP contribution in [0.25, 0.3) is 0 Å². The highest BCUT2D eigenvalue weighted by atomic mass is 35.5. The second-order valence-corrected chi connectivity index (χ2v) is 3.47. The summed E-state index contributed by atoms with van der Waals surface area (Å²) in [5.74, 6) is 1.60. The summed E-state index contributed by atoms with van der Waals surface area (Å²) in [4.78, 5) is 4.55. The minimum Gasteiger partial charge on any atom is -0.384 e. The molecule has 0 saturated carbocycles. The third-order valence-electron chi connectivity index (χ3n) is 2.41. The van der Waals surface area contributed by atoms with Gasteiger partial charge in [0.25, 0.3) is 0 Å². The van der Waals surface area contributed by atoms with Gasteiger partial charge in [0.2, 0.25) is 0 Å². The summed E-state index contributed by atoms with van der Waals surface area (Å²) >= 11 is 0. The average molecular weight is 254 g/mol. The maximum Gasteiger partial charge on any atom is 0.152 e. The van der Waals surface area contributed by atoms with Crippen molar-refractivity contribution in [1.29, 1.82) is 0 Å². The highest BCUT2D eigenvalue weighted by molar-refractivity contribution is 5.85. The predicted octanol–water partition coefficient (Wildman–Crippen LogP) is 0.587. The molecule has 0 atom stereocenters. The molecule has 0 aliphatic carbocycles. The number of likely N-dealkylation sites (N-methyl/N-ethyl adjacent to an activating group) is 1. The Balaban J connectivity index is 0.000000980. The van der Waals surface area contributed by atoms with Crippen LogP contribution in [0.2, 0.25) is 0 Å². The van der Waals surface area contributed by atoms with Crippen molar-refractivity contribution in [1.82, 2.24) is 15.1 Å². The molecule has 2 heterocycles. The Morgan fingerprint density at radius 3 is 2.33 bits per heavy atom. The Morgan fingerprint density at radius 2 is 1.87 bits per heavy atom. The molecular formula is C8H17Cl2N5. The number of aromatic amines is 1. The monoisotopic (exact) mass is 253 g/mol. The van der Waals surface area contributed by atoms with Crippen molar-refractivity contribution in [2.45, 2.75) is 0 Å². The molecule has 1 aromatic heterocycles. The molecule has 5 nitrogen and oxygen atoms in total. The number of H-pyrrole nitrogens is 1. The summed E-state index contributed by atoms with van der Waals surface area (Å²) < 4.78 is 0. The van der Waals surface area contributed by atoms with E-state index in [1.165, 1.54) is 0 Å². The normalized spacial score (nSPS) is 16.7. The number of piperazine rings is 1. The van der Waals surface area contributed by atoms with E-state index in [0.29, 0.717) is 5.82 Å². The van der Waals surface area contributed by atoms with Crippen LogP contribution in [0.4, 0.5) is 11.6 Å². The van der Waals surface area contributed by atoms with Crippen molar-refractivity contribution in [3.63, 3.8) is 0 Å². The third kappa shape index (κ3) is 3.44. The standard InChI is InChI=1S/C8H15N5.2ClH/c1-12-2-4-13(5-3-12)8-6-7(9)10-11-8;;/h6H,2-5H2,1H3,(H3,9,10,11);2*1H. The number of nitrogens with zero attached hydrogens (tertiary/aromatic N) is 3. The summed E-state index contributed by atoms with van der Waals surface area (Å²) in [6, 6.07) is 1.88. The first-order valence-electron chi connectivity index (χ1n) is 4.50. The lowest BCUT2D eigenvalue weighted by atomic mass is 10.3. The van der Waals surface area contributed by atoms with Gasteiger partial charge in [-0.2, -0.15) is 5.10 Å². The number of hydrogen-bond donors (Lipinski definition) is 2. The smallest absolute Gasteiger partial charge is 0.152 e. The molecule has 7 heteroatoms. The van der Waals surface area contributed by atoms with Crippen molar-refractivity contribution in [3.05, 3.63) is 6.07 Å². The van der Waals surface area contributed by atoms with Crippen molar-refractivity contribution in [2.24, 2.45) is 0 Å². The number of rotatable bonds is 1. The molecule has 0 radical (unpaired) electrons. The van der Waals surface area contributed by atoms with Crippen molar-refractivity contribution >= 4 is 36.4 Å². The molecule has 1 aromatic rings. The molecule has 1 aliphatic rings.